The van der Waals surface area contributed by atoms with Crippen molar-refractivity contribution in [2.75, 3.05) is 0 Å². The first-order valence-corrected chi connectivity index (χ1v) is 1.64. The van der Waals surface area contributed by atoms with Gasteiger partial charge in [0, 0.05) is 6.42 Å². The van der Waals surface area contributed by atoms with Gasteiger partial charge in [-0.1, -0.05) is 6.92 Å². The van der Waals surface area contributed by atoms with Crippen molar-refractivity contribution in [2.45, 2.75) is 12.8 Å². The monoisotopic (exact) mass is 72.1 g/mol. The zero-order valence-electron chi connectivity index (χ0n) is 4.11. The molecule has 0 aromatic heterocycles. The van der Waals surface area contributed by atoms with Gasteiger partial charge in [-0.05, 0) is 6.42 Å². The van der Waals surface area contributed by atoms with Crippen molar-refractivity contribution < 1.29 is 6.22 Å². The minimum Gasteiger partial charge on any atom is -0.303 e. The normalized spacial score (nSPS) is 7.40. The molecule has 0 unspecified atom stereocenters. The lowest BCUT2D eigenvalue weighted by Gasteiger charge is -1.68. The molecule has 0 amide bonds. The van der Waals surface area contributed by atoms with Crippen LogP contribution < -0.4 is 0 Å². The van der Waals surface area contributed by atoms with E-state index in [4.69, 9.17) is 0 Å². The summed E-state index contributed by atoms with van der Waals surface area (Å²) in [5.41, 5.74) is 0. The van der Waals surface area contributed by atoms with E-state index in [2.05, 4.69) is 6.92 Å². The highest BCUT2D eigenvalue weighted by molar-refractivity contribution is 5.49. The van der Waals surface area contributed by atoms with Gasteiger partial charge in [0.05, 0.1) is 0 Å². The van der Waals surface area contributed by atoms with Crippen LogP contribution in [0.2, 0.25) is 0 Å². The van der Waals surface area contributed by atoms with E-state index >= 15 is 0 Å². The summed E-state index contributed by atoms with van der Waals surface area (Å²) in [5.74, 6) is 0. The maximum atomic E-state index is 9.36. The predicted molar refractivity (Wildman–Crippen MR) is 21.8 cm³/mol. The fourth-order valence-electron chi connectivity index (χ4n) is 0.0833. The van der Waals surface area contributed by atoms with Crippen LogP contribution in [0.3, 0.4) is 0 Å². The molecule has 0 heterocycles. The predicted octanol–water partition coefficient (Wildman–Crippen LogP) is 0.912. The average molecular weight is 72.1 g/mol. The van der Waals surface area contributed by atoms with Crippen molar-refractivity contribution in [2.24, 2.45) is 0 Å². The molecule has 0 saturated heterocycles. The molecule has 0 atom stereocenters. The van der Waals surface area contributed by atoms with Crippen LogP contribution in [0.1, 0.15) is 14.3 Å². The van der Waals surface area contributed by atoms with E-state index in [1.165, 1.54) is 0 Å². The van der Waals surface area contributed by atoms with Crippen molar-refractivity contribution in [3.8, 4) is 0 Å². The fourth-order valence-corrected chi connectivity index (χ4v) is 0.0833. The van der Waals surface area contributed by atoms with E-state index in [1.807, 2.05) is 0 Å². The smallest absolute Gasteiger partial charge is 0.303 e. The molecule has 0 aromatic rings. The minimum atomic E-state index is 0. The number of carbonyl (C=O) groups excluding carboxylic acids is 1. The van der Waals surface area contributed by atoms with Gasteiger partial charge < -0.3 is 4.79 Å². The largest absolute Gasteiger partial charge is 1.00 e. The van der Waals surface area contributed by atoms with Gasteiger partial charge in [-0.15, -0.1) is 0 Å². The average Bonchev–Trinajstić information content (AvgIpc) is 1.41. The summed E-state index contributed by atoms with van der Waals surface area (Å²) in [6.45, 7) is 3.44. The lowest BCUT2D eigenvalue weighted by molar-refractivity contribution is -0.107. The maximum absolute atomic E-state index is 9.36. The lowest BCUT2D eigenvalue weighted by Crippen LogP contribution is -1.65. The third kappa shape index (κ3) is 3.67. The Morgan fingerprint density at radius 2 is 2.60 bits per heavy atom. The molecule has 0 bridgehead atoms. The molecule has 0 rings (SSSR count). The quantitative estimate of drug-likeness (QED) is 0.443. The highest BCUT2D eigenvalue weighted by Crippen LogP contribution is 1.73. The number of hydrogen-bond acceptors (Lipinski definition) is 1. The molecule has 0 fully saturated rings. The third-order valence-corrected chi connectivity index (χ3v) is 0.322. The summed E-state index contributed by atoms with van der Waals surface area (Å²) >= 11 is 0. The van der Waals surface area contributed by atoms with Gasteiger partial charge in [0.25, 0.3) is 0 Å². The standard InChI is InChI=1S/C4H7O/c1-2-3-4-5/h4H,1-3H2/p+1. The Morgan fingerprint density at radius 3 is 2.60 bits per heavy atom. The highest BCUT2D eigenvalue weighted by Gasteiger charge is 1.67. The summed E-state index contributed by atoms with van der Waals surface area (Å²) in [5, 5.41) is 0. The first-order valence-electron chi connectivity index (χ1n) is 1.64. The minimum absolute atomic E-state index is 0. The van der Waals surface area contributed by atoms with Crippen molar-refractivity contribution in [1.82, 2.24) is 0 Å². The molecular weight excluding hydrogens is 64.0 g/mol. The molecule has 0 aromatic carbocycles. The highest BCUT2D eigenvalue weighted by atomic mass is 16.1. The number of rotatable bonds is 2. The Bertz CT molecular complexity index is 28.7. The third-order valence-electron chi connectivity index (χ3n) is 0.322. The van der Waals surface area contributed by atoms with Crippen LogP contribution in [-0.2, 0) is 4.79 Å². The molecule has 0 aliphatic carbocycles. The van der Waals surface area contributed by atoms with Gasteiger partial charge in [0.1, 0.15) is 6.29 Å². The van der Waals surface area contributed by atoms with Gasteiger partial charge in [0.15, 0.2) is 0 Å². The Morgan fingerprint density at radius 1 is 2.00 bits per heavy atom. The molecule has 0 N–H and O–H groups in total. The molecule has 0 aliphatic heterocycles. The van der Waals surface area contributed by atoms with Crippen LogP contribution in [-0.4, -0.2) is 6.29 Å². The lowest BCUT2D eigenvalue weighted by atomic mass is 10.4. The first-order chi connectivity index (χ1) is 2.41. The van der Waals surface area contributed by atoms with E-state index in [0.29, 0.717) is 6.42 Å². The van der Waals surface area contributed by atoms with Crippen molar-refractivity contribution >= 4 is 6.29 Å². The van der Waals surface area contributed by atoms with Crippen molar-refractivity contribution in [3.05, 3.63) is 6.92 Å². The Hall–Kier alpha value is -0.330. The van der Waals surface area contributed by atoms with Crippen LogP contribution in [0, 0.1) is 6.92 Å². The van der Waals surface area contributed by atoms with E-state index in [1.54, 1.807) is 0 Å². The number of carbonyl (C=O) groups is 1. The zero-order valence-corrected chi connectivity index (χ0v) is 3.11. The van der Waals surface area contributed by atoms with Gasteiger partial charge in [-0.3, -0.25) is 0 Å². The van der Waals surface area contributed by atoms with Crippen LogP contribution >= 0.6 is 0 Å². The number of aldehydes is 1. The van der Waals surface area contributed by atoms with E-state index in [9.17, 15) is 4.79 Å². The van der Waals surface area contributed by atoms with Crippen molar-refractivity contribution in [3.63, 3.8) is 0 Å². The van der Waals surface area contributed by atoms with Crippen molar-refractivity contribution in [1.29, 1.82) is 0 Å². The number of hydrogen-bond donors (Lipinski definition) is 0. The fraction of sp³-hybridized carbons (Fsp3) is 0.500. The van der Waals surface area contributed by atoms with Crippen LogP contribution in [0.15, 0.2) is 0 Å². The van der Waals surface area contributed by atoms with Crippen LogP contribution in [0.25, 0.3) is 0 Å². The summed E-state index contributed by atoms with van der Waals surface area (Å²) in [7, 11) is 0. The van der Waals surface area contributed by atoms with Gasteiger partial charge in [0.2, 0.25) is 0 Å². The molecule has 1 heteroatoms. The maximum Gasteiger partial charge on any atom is 1.00 e. The molecule has 0 spiro atoms. The SMILES string of the molecule is [CH2]CCC=O.[H+]. The van der Waals surface area contributed by atoms with Gasteiger partial charge in [-0.2, -0.15) is 0 Å². The Kier molecular flexibility index (Phi) is 3.43. The molecule has 29 valence electrons. The summed E-state index contributed by atoms with van der Waals surface area (Å²) < 4.78 is 0. The first kappa shape index (κ1) is 4.67. The second-order valence-corrected chi connectivity index (χ2v) is 0.809. The summed E-state index contributed by atoms with van der Waals surface area (Å²) in [6, 6.07) is 0. The molecule has 5 heavy (non-hydrogen) atoms. The van der Waals surface area contributed by atoms with E-state index in [0.717, 1.165) is 12.7 Å². The van der Waals surface area contributed by atoms with E-state index < -0.39 is 0 Å². The van der Waals surface area contributed by atoms with Crippen LogP contribution in [0.5, 0.6) is 0 Å². The van der Waals surface area contributed by atoms with Gasteiger partial charge >= 0.3 is 1.43 Å². The Labute approximate surface area is 33.5 Å². The van der Waals surface area contributed by atoms with E-state index in [-0.39, 0.29) is 1.43 Å². The molecule has 1 nitrogen and oxygen atoms in total. The molecule has 1 radical (unpaired) electrons. The van der Waals surface area contributed by atoms with Crippen LogP contribution in [0.4, 0.5) is 0 Å². The summed E-state index contributed by atoms with van der Waals surface area (Å²) in [4.78, 5) is 9.36. The molecule has 0 aliphatic rings. The van der Waals surface area contributed by atoms with Gasteiger partial charge in [-0.25, -0.2) is 0 Å². The zero-order chi connectivity index (χ0) is 4.12. The second kappa shape index (κ2) is 3.67. The Balaban J connectivity index is 0. The number of unbranched alkanes of at least 4 members (excludes halogenated alkanes) is 1. The molecular formula is C4H8O+. The summed E-state index contributed by atoms with van der Waals surface area (Å²) in [6.07, 6.45) is 2.19. The topological polar surface area (TPSA) is 17.1 Å². The molecule has 0 saturated carbocycles. The second-order valence-electron chi connectivity index (χ2n) is 0.809.